The van der Waals surface area contributed by atoms with Crippen LogP contribution in [-0.2, 0) is 14.4 Å². The van der Waals surface area contributed by atoms with Crippen LogP contribution in [0.15, 0.2) is 42.0 Å². The Hall–Kier alpha value is -3.72. The molecule has 0 aromatic heterocycles. The van der Waals surface area contributed by atoms with Crippen LogP contribution in [0.1, 0.15) is 23.6 Å². The highest BCUT2D eigenvalue weighted by Crippen LogP contribution is 2.29. The van der Waals surface area contributed by atoms with E-state index < -0.39 is 11.8 Å². The van der Waals surface area contributed by atoms with Crippen LogP contribution >= 0.6 is 12.2 Å². The van der Waals surface area contributed by atoms with Gasteiger partial charge in [-0.25, -0.2) is 0 Å². The van der Waals surface area contributed by atoms with Gasteiger partial charge in [-0.2, -0.15) is 0 Å². The molecule has 2 aromatic rings. The monoisotopic (exact) mass is 453 g/mol. The number of hydrogen-bond acceptors (Lipinski definition) is 6. The van der Waals surface area contributed by atoms with E-state index in [0.717, 1.165) is 11.1 Å². The van der Waals surface area contributed by atoms with Crippen LogP contribution in [0.25, 0.3) is 6.08 Å². The van der Waals surface area contributed by atoms with E-state index in [1.807, 2.05) is 39.0 Å². The second-order valence-electron chi connectivity index (χ2n) is 7.07. The zero-order valence-corrected chi connectivity index (χ0v) is 18.7. The summed E-state index contributed by atoms with van der Waals surface area (Å²) in [4.78, 5) is 36.4. The summed E-state index contributed by atoms with van der Waals surface area (Å²) < 4.78 is 11.3. The molecule has 0 aliphatic carbocycles. The zero-order chi connectivity index (χ0) is 23.3. The summed E-state index contributed by atoms with van der Waals surface area (Å²) in [6, 6.07) is 10.6. The Labute approximate surface area is 191 Å². The van der Waals surface area contributed by atoms with E-state index in [-0.39, 0.29) is 23.2 Å². The Bertz CT molecular complexity index is 1100. The van der Waals surface area contributed by atoms with Crippen molar-refractivity contribution < 1.29 is 23.9 Å². The van der Waals surface area contributed by atoms with Gasteiger partial charge in [0.2, 0.25) is 0 Å². The van der Waals surface area contributed by atoms with Crippen LogP contribution in [-0.4, -0.2) is 36.0 Å². The van der Waals surface area contributed by atoms with E-state index in [1.165, 1.54) is 6.08 Å². The fourth-order valence-electron chi connectivity index (χ4n) is 2.93. The Balaban J connectivity index is 1.71. The first-order chi connectivity index (χ1) is 15.3. The van der Waals surface area contributed by atoms with Gasteiger partial charge >= 0.3 is 0 Å². The quantitative estimate of drug-likeness (QED) is 0.338. The molecule has 2 aromatic carbocycles. The molecular formula is C23H23N3O5S. The van der Waals surface area contributed by atoms with Crippen molar-refractivity contribution in [3.63, 3.8) is 0 Å². The van der Waals surface area contributed by atoms with Crippen molar-refractivity contribution in [2.45, 2.75) is 20.8 Å². The van der Waals surface area contributed by atoms with E-state index in [0.29, 0.717) is 29.4 Å². The minimum Gasteiger partial charge on any atom is -0.490 e. The Morgan fingerprint density at radius 1 is 1.00 bits per heavy atom. The average Bonchev–Trinajstić information content (AvgIpc) is 2.73. The maximum atomic E-state index is 12.3. The van der Waals surface area contributed by atoms with Gasteiger partial charge in [0.25, 0.3) is 17.7 Å². The number of benzene rings is 2. The molecule has 1 aliphatic rings. The van der Waals surface area contributed by atoms with Crippen LogP contribution in [0.2, 0.25) is 0 Å². The second-order valence-corrected chi connectivity index (χ2v) is 7.48. The second kappa shape index (κ2) is 10.1. The highest BCUT2D eigenvalue weighted by molar-refractivity contribution is 7.80. The van der Waals surface area contributed by atoms with Gasteiger partial charge in [0, 0.05) is 5.69 Å². The third kappa shape index (κ3) is 5.70. The number of rotatable bonds is 7. The van der Waals surface area contributed by atoms with Crippen LogP contribution < -0.4 is 25.4 Å². The van der Waals surface area contributed by atoms with Crippen LogP contribution in [0.3, 0.4) is 0 Å². The first kappa shape index (κ1) is 23.0. The minimum absolute atomic E-state index is 0.0324. The summed E-state index contributed by atoms with van der Waals surface area (Å²) in [6.07, 6.45) is 1.42. The summed E-state index contributed by atoms with van der Waals surface area (Å²) in [7, 11) is 0. The summed E-state index contributed by atoms with van der Waals surface area (Å²) >= 11 is 4.79. The first-order valence-corrected chi connectivity index (χ1v) is 10.3. The minimum atomic E-state index is -0.583. The zero-order valence-electron chi connectivity index (χ0n) is 17.9. The Kier molecular flexibility index (Phi) is 7.21. The predicted molar refractivity (Wildman–Crippen MR) is 125 cm³/mol. The number of anilines is 1. The third-order valence-corrected chi connectivity index (χ3v) is 4.88. The van der Waals surface area contributed by atoms with Gasteiger partial charge in [0.1, 0.15) is 5.57 Å². The van der Waals surface area contributed by atoms with Crippen molar-refractivity contribution in [3.8, 4) is 11.5 Å². The summed E-state index contributed by atoms with van der Waals surface area (Å²) in [5.74, 6) is -0.732. The number of amides is 3. The number of nitrogens with one attached hydrogen (secondary N) is 3. The molecule has 0 radical (unpaired) electrons. The molecule has 3 rings (SSSR count). The van der Waals surface area contributed by atoms with E-state index in [4.69, 9.17) is 21.7 Å². The lowest BCUT2D eigenvalue weighted by Crippen LogP contribution is -2.51. The van der Waals surface area contributed by atoms with Crippen molar-refractivity contribution in [3.05, 3.63) is 58.7 Å². The molecule has 0 atom stereocenters. The molecule has 3 amide bonds. The fourth-order valence-corrected chi connectivity index (χ4v) is 3.12. The van der Waals surface area contributed by atoms with Crippen LogP contribution in [0.5, 0.6) is 11.5 Å². The molecule has 1 fully saturated rings. The molecule has 0 saturated carbocycles. The van der Waals surface area contributed by atoms with Gasteiger partial charge in [0.15, 0.2) is 23.2 Å². The van der Waals surface area contributed by atoms with Crippen molar-refractivity contribution in [1.82, 2.24) is 10.6 Å². The van der Waals surface area contributed by atoms with Crippen molar-refractivity contribution in [2.75, 3.05) is 18.5 Å². The highest BCUT2D eigenvalue weighted by atomic mass is 32.1. The van der Waals surface area contributed by atoms with Gasteiger partial charge in [-0.1, -0.05) is 12.1 Å². The summed E-state index contributed by atoms with van der Waals surface area (Å²) in [5, 5.41) is 7.53. The highest BCUT2D eigenvalue weighted by Gasteiger charge is 2.25. The molecule has 0 spiro atoms. The maximum Gasteiger partial charge on any atom is 0.263 e. The average molecular weight is 454 g/mol. The largest absolute Gasteiger partial charge is 0.490 e. The molecule has 32 heavy (non-hydrogen) atoms. The Morgan fingerprint density at radius 3 is 2.38 bits per heavy atom. The summed E-state index contributed by atoms with van der Waals surface area (Å²) in [5.41, 5.74) is 3.38. The molecule has 0 unspecified atom stereocenters. The normalized spacial score (nSPS) is 13.2. The molecule has 8 nitrogen and oxygen atoms in total. The fraction of sp³-hybridized carbons (Fsp3) is 0.217. The van der Waals surface area contributed by atoms with Gasteiger partial charge < -0.3 is 14.8 Å². The smallest absolute Gasteiger partial charge is 0.263 e. The molecule has 1 saturated heterocycles. The lowest BCUT2D eigenvalue weighted by atomic mass is 10.1. The standard InChI is InChI=1S/C23H23N3O5S/c1-4-30-19-11-15(10-17-21(28)25-23(32)26-22(17)29)6-8-18(19)31-12-20(27)24-16-7-5-13(2)14(3)9-16/h5-11H,4,12H2,1-3H3,(H,24,27)(H2,25,26,28,29,32). The SMILES string of the molecule is CCOc1cc(C=C2C(=O)NC(=S)NC2=O)ccc1OCC(=O)Nc1ccc(C)c(C)c1. The van der Waals surface area contributed by atoms with E-state index in [1.54, 1.807) is 18.2 Å². The number of carbonyl (C=O) groups excluding carboxylic acids is 3. The molecule has 0 bridgehead atoms. The number of ether oxygens (including phenoxy) is 2. The van der Waals surface area contributed by atoms with E-state index in [2.05, 4.69) is 16.0 Å². The molecule has 1 heterocycles. The van der Waals surface area contributed by atoms with Crippen LogP contribution in [0.4, 0.5) is 5.69 Å². The van der Waals surface area contributed by atoms with E-state index in [9.17, 15) is 14.4 Å². The number of thiocarbonyl (C=S) groups is 1. The van der Waals surface area contributed by atoms with E-state index >= 15 is 0 Å². The van der Waals surface area contributed by atoms with Crippen LogP contribution in [0, 0.1) is 13.8 Å². The number of carbonyl (C=O) groups is 3. The van der Waals surface area contributed by atoms with Gasteiger partial charge in [0.05, 0.1) is 6.61 Å². The molecular weight excluding hydrogens is 430 g/mol. The summed E-state index contributed by atoms with van der Waals surface area (Å²) in [6.45, 7) is 5.93. The van der Waals surface area contributed by atoms with Gasteiger partial charge in [-0.3, -0.25) is 25.0 Å². The van der Waals surface area contributed by atoms with Gasteiger partial charge in [-0.15, -0.1) is 0 Å². The maximum absolute atomic E-state index is 12.3. The predicted octanol–water partition coefficient (Wildman–Crippen LogP) is 2.63. The third-order valence-electron chi connectivity index (χ3n) is 4.67. The van der Waals surface area contributed by atoms with Crippen molar-refractivity contribution in [1.29, 1.82) is 0 Å². The molecule has 9 heteroatoms. The molecule has 3 N–H and O–H groups in total. The number of hydrogen-bond donors (Lipinski definition) is 3. The lowest BCUT2D eigenvalue weighted by Gasteiger charge is -2.17. The molecule has 166 valence electrons. The lowest BCUT2D eigenvalue weighted by molar-refractivity contribution is -0.123. The first-order valence-electron chi connectivity index (χ1n) is 9.92. The van der Waals surface area contributed by atoms with Crippen molar-refractivity contribution in [2.24, 2.45) is 0 Å². The van der Waals surface area contributed by atoms with Crippen molar-refractivity contribution >= 4 is 46.8 Å². The van der Waals surface area contributed by atoms with Gasteiger partial charge in [-0.05, 0) is 80.0 Å². The number of aryl methyl sites for hydroxylation is 2. The Morgan fingerprint density at radius 2 is 1.72 bits per heavy atom. The molecule has 1 aliphatic heterocycles. The topological polar surface area (TPSA) is 106 Å².